The van der Waals surface area contributed by atoms with E-state index in [1.165, 1.54) is 4.90 Å². The number of rotatable bonds is 3. The number of para-hydroxylation sites is 1. The number of carbonyl (C=O) groups is 3. The third-order valence-corrected chi connectivity index (χ3v) is 10.4. The van der Waals surface area contributed by atoms with Crippen LogP contribution in [0.5, 0.6) is 0 Å². The molecule has 1 aliphatic heterocycles. The lowest BCUT2D eigenvalue weighted by atomic mass is 9.81. The molecule has 3 fully saturated rings. The van der Waals surface area contributed by atoms with Crippen LogP contribution < -0.4 is 10.2 Å². The molecule has 6 atom stereocenters. The highest BCUT2D eigenvalue weighted by atomic mass is 79.9. The summed E-state index contributed by atoms with van der Waals surface area (Å²) < 4.78 is 0. The van der Waals surface area contributed by atoms with Gasteiger partial charge in [-0.15, -0.1) is 0 Å². The van der Waals surface area contributed by atoms with Crippen molar-refractivity contribution in [3.05, 3.63) is 59.2 Å². The van der Waals surface area contributed by atoms with Crippen molar-refractivity contribution in [2.24, 2.45) is 23.7 Å². The van der Waals surface area contributed by atoms with Gasteiger partial charge in [-0.3, -0.25) is 14.4 Å². The van der Waals surface area contributed by atoms with E-state index in [9.17, 15) is 14.4 Å². The fraction of sp³-hybridized carbons (Fsp3) is 0.375. The number of hydrogen-bond donors (Lipinski definition) is 1. The predicted octanol–water partition coefficient (Wildman–Crippen LogP) is 4.84. The van der Waals surface area contributed by atoms with Crippen LogP contribution in [0.15, 0.2) is 42.5 Å². The maximum atomic E-state index is 13.4. The molecule has 5 nitrogen and oxygen atoms in total. The highest BCUT2D eigenvalue weighted by molar-refractivity contribution is 9.12. The van der Waals surface area contributed by atoms with Gasteiger partial charge >= 0.3 is 0 Å². The fourth-order valence-corrected chi connectivity index (χ4v) is 7.40. The van der Waals surface area contributed by atoms with Crippen LogP contribution in [-0.4, -0.2) is 27.4 Å². The average molecular weight is 546 g/mol. The van der Waals surface area contributed by atoms with Crippen LogP contribution >= 0.6 is 31.9 Å². The Bertz CT molecular complexity index is 1090. The predicted molar refractivity (Wildman–Crippen MR) is 127 cm³/mol. The summed E-state index contributed by atoms with van der Waals surface area (Å²) in [6.45, 7) is 3.94. The lowest BCUT2D eigenvalue weighted by Crippen LogP contribution is -2.37. The van der Waals surface area contributed by atoms with Gasteiger partial charge in [0.25, 0.3) is 5.91 Å². The zero-order valence-electron chi connectivity index (χ0n) is 17.1. The summed E-state index contributed by atoms with van der Waals surface area (Å²) in [5, 5.41) is 2.95. The second-order valence-corrected chi connectivity index (χ2v) is 10.8. The number of benzene rings is 2. The van der Waals surface area contributed by atoms with Crippen LogP contribution in [0.1, 0.15) is 27.9 Å². The Morgan fingerprint density at radius 1 is 0.935 bits per heavy atom. The molecule has 7 heteroatoms. The molecule has 3 amide bonds. The van der Waals surface area contributed by atoms with Gasteiger partial charge < -0.3 is 5.32 Å². The summed E-state index contributed by atoms with van der Waals surface area (Å²) in [7, 11) is 0. The van der Waals surface area contributed by atoms with Crippen LogP contribution in [0.4, 0.5) is 11.4 Å². The van der Waals surface area contributed by atoms with E-state index in [1.54, 1.807) is 24.3 Å². The quantitative estimate of drug-likeness (QED) is 0.443. The maximum Gasteiger partial charge on any atom is 0.257 e. The van der Waals surface area contributed by atoms with E-state index in [0.717, 1.165) is 23.2 Å². The Labute approximate surface area is 197 Å². The number of halogens is 2. The lowest BCUT2D eigenvalue weighted by molar-refractivity contribution is -0.123. The Balaban J connectivity index is 1.49. The molecule has 0 aromatic heterocycles. The molecule has 0 spiro atoms. The molecular formula is C24H22Br2N2O3. The smallest absolute Gasteiger partial charge is 0.257 e. The number of imide groups is 1. The Kier molecular flexibility index (Phi) is 5.09. The Morgan fingerprint density at radius 3 is 2.19 bits per heavy atom. The molecular weight excluding hydrogens is 524 g/mol. The summed E-state index contributed by atoms with van der Waals surface area (Å²) in [4.78, 5) is 41.6. The van der Waals surface area contributed by atoms with E-state index in [4.69, 9.17) is 0 Å². The molecule has 2 aliphatic carbocycles. The monoisotopic (exact) mass is 544 g/mol. The number of anilines is 2. The van der Waals surface area contributed by atoms with Gasteiger partial charge in [-0.05, 0) is 61.4 Å². The first-order chi connectivity index (χ1) is 14.8. The largest absolute Gasteiger partial charge is 0.322 e. The van der Waals surface area contributed by atoms with Crippen LogP contribution in [0.25, 0.3) is 0 Å². The fourth-order valence-electron chi connectivity index (χ4n) is 5.52. The van der Waals surface area contributed by atoms with Gasteiger partial charge in [0.2, 0.25) is 11.8 Å². The molecule has 31 heavy (non-hydrogen) atoms. The first kappa shape index (κ1) is 20.9. The first-order valence-corrected chi connectivity index (χ1v) is 12.3. The minimum absolute atomic E-state index is 0.136. The molecule has 2 bridgehead atoms. The molecule has 1 N–H and O–H groups in total. The van der Waals surface area contributed by atoms with Crippen molar-refractivity contribution in [3.63, 3.8) is 0 Å². The van der Waals surface area contributed by atoms with Gasteiger partial charge in [-0.2, -0.15) is 0 Å². The second-order valence-electron chi connectivity index (χ2n) is 8.73. The van der Waals surface area contributed by atoms with Crippen molar-refractivity contribution < 1.29 is 14.4 Å². The van der Waals surface area contributed by atoms with Crippen molar-refractivity contribution in [1.29, 1.82) is 0 Å². The number of fused-ring (bicyclic) bond motifs is 5. The van der Waals surface area contributed by atoms with Crippen molar-refractivity contribution in [3.8, 4) is 0 Å². The average Bonchev–Trinajstić information content (AvgIpc) is 3.36. The van der Waals surface area contributed by atoms with Crippen molar-refractivity contribution in [2.45, 2.75) is 29.9 Å². The Morgan fingerprint density at radius 2 is 1.55 bits per heavy atom. The number of carbonyl (C=O) groups excluding carboxylic acids is 3. The van der Waals surface area contributed by atoms with Crippen LogP contribution in [0.3, 0.4) is 0 Å². The summed E-state index contributed by atoms with van der Waals surface area (Å²) in [5.41, 5.74) is 3.47. The lowest BCUT2D eigenvalue weighted by Gasteiger charge is -2.28. The van der Waals surface area contributed by atoms with Gasteiger partial charge in [0.1, 0.15) is 0 Å². The van der Waals surface area contributed by atoms with Gasteiger partial charge in [0.05, 0.1) is 23.1 Å². The zero-order chi connectivity index (χ0) is 22.0. The van der Waals surface area contributed by atoms with Crippen molar-refractivity contribution in [2.75, 3.05) is 10.2 Å². The standard InChI is InChI=1S/C24H22Br2N2O3/c1-11-6-5-8-16(12(11)2)27-22(29)13-7-3-4-9-17(13)28-23(30)18-14-10-15(19(18)24(28)31)21(26)20(14)25/h3-9,14-15,18-21H,10H2,1-2H3,(H,27,29)/t14-,15-,18-,19-,20-,21+/m1/s1. The first-order valence-electron chi connectivity index (χ1n) is 10.4. The summed E-state index contributed by atoms with van der Waals surface area (Å²) in [6, 6.07) is 12.6. The molecule has 3 aliphatic rings. The van der Waals surface area contributed by atoms with E-state index in [1.807, 2.05) is 32.0 Å². The molecule has 2 aromatic carbocycles. The summed E-state index contributed by atoms with van der Waals surface area (Å²) in [6.07, 6.45) is 0.876. The number of nitrogens with zero attached hydrogens (tertiary/aromatic N) is 1. The molecule has 160 valence electrons. The van der Waals surface area contributed by atoms with Crippen LogP contribution in [-0.2, 0) is 9.59 Å². The molecule has 1 saturated heterocycles. The maximum absolute atomic E-state index is 13.4. The van der Waals surface area contributed by atoms with Gasteiger partial charge in [0.15, 0.2) is 0 Å². The minimum atomic E-state index is -0.332. The zero-order valence-corrected chi connectivity index (χ0v) is 20.3. The third kappa shape index (κ3) is 3.04. The van der Waals surface area contributed by atoms with Crippen molar-refractivity contribution >= 4 is 61.0 Å². The Hall–Kier alpha value is -1.99. The molecule has 2 saturated carbocycles. The number of amides is 3. The molecule has 0 unspecified atom stereocenters. The SMILES string of the molecule is Cc1cccc(NC(=O)c2ccccc2N2C(=O)[C@@H]3[C@H]4C[C@@H]([C@@H](Br)[C@H]4Br)[C@H]3C2=O)c1C. The highest BCUT2D eigenvalue weighted by Crippen LogP contribution is 2.60. The highest BCUT2D eigenvalue weighted by Gasteiger charge is 2.66. The normalized spacial score (nSPS) is 31.3. The second kappa shape index (κ2) is 7.55. The van der Waals surface area contributed by atoms with E-state index in [-0.39, 0.29) is 51.0 Å². The van der Waals surface area contributed by atoms with Crippen LogP contribution in [0.2, 0.25) is 0 Å². The summed E-state index contributed by atoms with van der Waals surface area (Å²) >= 11 is 7.43. The summed E-state index contributed by atoms with van der Waals surface area (Å²) in [5.74, 6) is -1.05. The van der Waals surface area contributed by atoms with Crippen molar-refractivity contribution in [1.82, 2.24) is 0 Å². The van der Waals surface area contributed by atoms with Crippen LogP contribution in [0, 0.1) is 37.5 Å². The molecule has 5 rings (SSSR count). The third-order valence-electron chi connectivity index (χ3n) is 7.23. The topological polar surface area (TPSA) is 66.5 Å². The minimum Gasteiger partial charge on any atom is -0.322 e. The van der Waals surface area contributed by atoms with Gasteiger partial charge in [-0.25, -0.2) is 4.90 Å². The van der Waals surface area contributed by atoms with Gasteiger partial charge in [-0.1, -0.05) is 56.1 Å². The number of nitrogens with one attached hydrogen (secondary N) is 1. The van der Waals surface area contributed by atoms with Gasteiger partial charge in [0, 0.05) is 15.3 Å². The molecule has 0 radical (unpaired) electrons. The number of hydrogen-bond acceptors (Lipinski definition) is 3. The molecule has 2 aromatic rings. The molecule has 1 heterocycles. The van der Waals surface area contributed by atoms with E-state index >= 15 is 0 Å². The van der Waals surface area contributed by atoms with E-state index in [0.29, 0.717) is 11.3 Å². The number of aryl methyl sites for hydroxylation is 1. The number of alkyl halides is 2. The van der Waals surface area contributed by atoms with E-state index < -0.39 is 0 Å². The van der Waals surface area contributed by atoms with E-state index in [2.05, 4.69) is 37.2 Å².